The first kappa shape index (κ1) is 19.7. The number of sulfonamides is 1. The molecule has 0 atom stereocenters. The van der Waals surface area contributed by atoms with Crippen molar-refractivity contribution in [2.45, 2.75) is 11.4 Å². The lowest BCUT2D eigenvalue weighted by Crippen LogP contribution is -2.27. The number of hydrogen-bond acceptors (Lipinski definition) is 6. The topological polar surface area (TPSA) is 96.6 Å². The van der Waals surface area contributed by atoms with Gasteiger partial charge < -0.3 is 9.42 Å². The zero-order valence-corrected chi connectivity index (χ0v) is 16.5. The summed E-state index contributed by atoms with van der Waals surface area (Å²) < 4.78 is 30.9. The number of benzene rings is 2. The van der Waals surface area contributed by atoms with Crippen molar-refractivity contribution in [2.24, 2.45) is 0 Å². The monoisotopic (exact) mass is 400 g/mol. The number of nitrogens with zero attached hydrogens (tertiary/aromatic N) is 4. The van der Waals surface area contributed by atoms with Crippen LogP contribution in [0.25, 0.3) is 11.4 Å². The van der Waals surface area contributed by atoms with E-state index in [1.807, 2.05) is 30.3 Å². The minimum atomic E-state index is -3.62. The highest BCUT2D eigenvalue weighted by molar-refractivity contribution is 7.89. The fourth-order valence-electron chi connectivity index (χ4n) is 2.52. The highest BCUT2D eigenvalue weighted by Crippen LogP contribution is 2.18. The Bertz CT molecular complexity index is 1080. The van der Waals surface area contributed by atoms with Gasteiger partial charge in [0.2, 0.25) is 21.7 Å². The second kappa shape index (κ2) is 7.91. The lowest BCUT2D eigenvalue weighted by Gasteiger charge is -2.16. The van der Waals surface area contributed by atoms with Gasteiger partial charge in [-0.25, -0.2) is 12.7 Å². The maximum absolute atomic E-state index is 12.7. The van der Waals surface area contributed by atoms with Crippen molar-refractivity contribution < 1.29 is 17.7 Å². The quantitative estimate of drug-likeness (QED) is 0.630. The van der Waals surface area contributed by atoms with Crippen molar-refractivity contribution in [1.82, 2.24) is 19.3 Å². The van der Waals surface area contributed by atoms with E-state index in [9.17, 15) is 13.2 Å². The summed E-state index contributed by atoms with van der Waals surface area (Å²) in [6.45, 7) is 0.101. The lowest BCUT2D eigenvalue weighted by atomic mass is 10.2. The number of amides is 1. The first-order valence-corrected chi connectivity index (χ1v) is 9.89. The standard InChI is InChI=1S/C19H20N4O4S/c1-22(2)28(25,26)16-11-7-10-15(12-16)19(24)23(3)13-17-20-18(21-27-17)14-8-5-4-6-9-14/h4-12H,13H2,1-3H3. The van der Waals surface area contributed by atoms with Gasteiger partial charge in [-0.15, -0.1) is 0 Å². The van der Waals surface area contributed by atoms with Gasteiger partial charge in [0, 0.05) is 32.3 Å². The van der Waals surface area contributed by atoms with Gasteiger partial charge in [-0.3, -0.25) is 4.79 Å². The molecular weight excluding hydrogens is 380 g/mol. The molecule has 9 heteroatoms. The Hall–Kier alpha value is -3.04. The molecular formula is C19H20N4O4S. The van der Waals surface area contributed by atoms with E-state index < -0.39 is 10.0 Å². The largest absolute Gasteiger partial charge is 0.337 e. The number of rotatable bonds is 6. The Morgan fingerprint density at radius 1 is 1.04 bits per heavy atom. The van der Waals surface area contributed by atoms with Crippen LogP contribution >= 0.6 is 0 Å². The molecule has 3 rings (SSSR count). The van der Waals surface area contributed by atoms with Crippen molar-refractivity contribution >= 4 is 15.9 Å². The van der Waals surface area contributed by atoms with Crippen LogP contribution in [0.5, 0.6) is 0 Å². The highest BCUT2D eigenvalue weighted by Gasteiger charge is 2.21. The molecule has 0 aliphatic heterocycles. The first-order chi connectivity index (χ1) is 13.3. The zero-order valence-electron chi connectivity index (χ0n) is 15.7. The van der Waals surface area contributed by atoms with Gasteiger partial charge >= 0.3 is 0 Å². The van der Waals surface area contributed by atoms with Crippen molar-refractivity contribution in [3.63, 3.8) is 0 Å². The second-order valence-corrected chi connectivity index (χ2v) is 8.51. The molecule has 0 radical (unpaired) electrons. The maximum atomic E-state index is 12.7. The summed E-state index contributed by atoms with van der Waals surface area (Å²) in [5.74, 6) is 0.373. The molecule has 0 spiro atoms. The molecule has 0 saturated carbocycles. The third kappa shape index (κ3) is 4.10. The van der Waals surface area contributed by atoms with Crippen LogP contribution in [0.2, 0.25) is 0 Å². The maximum Gasteiger partial charge on any atom is 0.254 e. The predicted octanol–water partition coefficient (Wildman–Crippen LogP) is 2.26. The zero-order chi connectivity index (χ0) is 20.3. The normalized spacial score (nSPS) is 11.6. The molecule has 0 saturated heterocycles. The molecule has 3 aromatic rings. The van der Waals surface area contributed by atoms with Gasteiger partial charge in [0.05, 0.1) is 11.4 Å². The Morgan fingerprint density at radius 3 is 2.43 bits per heavy atom. The summed E-state index contributed by atoms with van der Waals surface area (Å²) in [5, 5.41) is 3.93. The molecule has 2 aromatic carbocycles. The fourth-order valence-corrected chi connectivity index (χ4v) is 3.47. The summed E-state index contributed by atoms with van der Waals surface area (Å²) in [6, 6.07) is 15.3. The molecule has 1 heterocycles. The number of hydrogen-bond donors (Lipinski definition) is 0. The van der Waals surface area contributed by atoms with E-state index in [0.29, 0.717) is 5.82 Å². The van der Waals surface area contributed by atoms with E-state index in [0.717, 1.165) is 9.87 Å². The molecule has 0 bridgehead atoms. The molecule has 28 heavy (non-hydrogen) atoms. The van der Waals surface area contributed by atoms with Crippen LogP contribution < -0.4 is 0 Å². The molecule has 0 unspecified atom stereocenters. The van der Waals surface area contributed by atoms with Crippen molar-refractivity contribution in [2.75, 3.05) is 21.1 Å². The van der Waals surface area contributed by atoms with Gasteiger partial charge in [-0.1, -0.05) is 41.6 Å². The third-order valence-corrected chi connectivity index (χ3v) is 5.89. The van der Waals surface area contributed by atoms with Crippen LogP contribution in [0.1, 0.15) is 16.2 Å². The van der Waals surface area contributed by atoms with Crippen LogP contribution in [0.4, 0.5) is 0 Å². The second-order valence-electron chi connectivity index (χ2n) is 6.35. The summed E-state index contributed by atoms with van der Waals surface area (Å²) >= 11 is 0. The average molecular weight is 400 g/mol. The minimum absolute atomic E-state index is 0.0564. The summed E-state index contributed by atoms with van der Waals surface area (Å²) in [4.78, 5) is 18.5. The summed E-state index contributed by atoms with van der Waals surface area (Å²) in [6.07, 6.45) is 0. The van der Waals surface area contributed by atoms with Crippen LogP contribution in [-0.2, 0) is 16.6 Å². The van der Waals surface area contributed by atoms with Crippen LogP contribution in [0.3, 0.4) is 0 Å². The molecule has 0 fully saturated rings. The van der Waals surface area contributed by atoms with Crippen molar-refractivity contribution in [1.29, 1.82) is 0 Å². The molecule has 1 aromatic heterocycles. The van der Waals surface area contributed by atoms with Gasteiger partial charge in [-0.05, 0) is 18.2 Å². The fraction of sp³-hybridized carbons (Fsp3) is 0.211. The van der Waals surface area contributed by atoms with Gasteiger partial charge in [0.1, 0.15) is 0 Å². The van der Waals surface area contributed by atoms with E-state index in [-0.39, 0.29) is 28.8 Å². The Morgan fingerprint density at radius 2 is 1.75 bits per heavy atom. The number of carbonyl (C=O) groups excluding carboxylic acids is 1. The van der Waals surface area contributed by atoms with Crippen LogP contribution in [-0.4, -0.2) is 54.8 Å². The Kier molecular flexibility index (Phi) is 5.57. The van der Waals surface area contributed by atoms with E-state index >= 15 is 0 Å². The minimum Gasteiger partial charge on any atom is -0.337 e. The Labute approximate surface area is 163 Å². The Balaban J connectivity index is 1.76. The van der Waals surface area contributed by atoms with Gasteiger partial charge in [0.15, 0.2) is 0 Å². The summed E-state index contributed by atoms with van der Waals surface area (Å²) in [7, 11) is 0.843. The molecule has 146 valence electrons. The SMILES string of the molecule is CN(Cc1nc(-c2ccccc2)no1)C(=O)c1cccc(S(=O)(=O)N(C)C)c1. The predicted molar refractivity (Wildman–Crippen MR) is 103 cm³/mol. The molecule has 0 aliphatic rings. The molecule has 0 aliphatic carbocycles. The summed E-state index contributed by atoms with van der Waals surface area (Å²) in [5.41, 5.74) is 1.07. The van der Waals surface area contributed by atoms with Crippen LogP contribution in [0.15, 0.2) is 64.0 Å². The lowest BCUT2D eigenvalue weighted by molar-refractivity contribution is 0.0769. The van der Waals surface area contributed by atoms with E-state index in [1.165, 1.54) is 37.2 Å². The molecule has 1 amide bonds. The smallest absolute Gasteiger partial charge is 0.254 e. The number of carbonyl (C=O) groups is 1. The van der Waals surface area contributed by atoms with E-state index in [4.69, 9.17) is 4.52 Å². The number of aromatic nitrogens is 2. The van der Waals surface area contributed by atoms with Crippen LogP contribution in [0, 0.1) is 0 Å². The van der Waals surface area contributed by atoms with E-state index in [1.54, 1.807) is 13.1 Å². The van der Waals surface area contributed by atoms with Crippen molar-refractivity contribution in [3.8, 4) is 11.4 Å². The van der Waals surface area contributed by atoms with E-state index in [2.05, 4.69) is 10.1 Å². The molecule has 0 N–H and O–H groups in total. The van der Waals surface area contributed by atoms with Gasteiger partial charge in [0.25, 0.3) is 5.91 Å². The van der Waals surface area contributed by atoms with Crippen molar-refractivity contribution in [3.05, 3.63) is 66.1 Å². The molecule has 8 nitrogen and oxygen atoms in total. The first-order valence-electron chi connectivity index (χ1n) is 8.45. The highest BCUT2D eigenvalue weighted by atomic mass is 32.2. The van der Waals surface area contributed by atoms with Gasteiger partial charge in [-0.2, -0.15) is 4.98 Å². The third-order valence-electron chi connectivity index (χ3n) is 4.08. The average Bonchev–Trinajstić information content (AvgIpc) is 3.16.